The molecular formula is C15H13ClFNOS. The molecule has 5 heteroatoms. The Morgan fingerprint density at radius 2 is 1.90 bits per heavy atom. The predicted molar refractivity (Wildman–Crippen MR) is 82.6 cm³/mol. The number of benzene rings is 2. The second-order valence-corrected chi connectivity index (χ2v) is 5.50. The Morgan fingerprint density at radius 3 is 2.60 bits per heavy atom. The minimum Gasteiger partial charge on any atom is -0.325 e. The summed E-state index contributed by atoms with van der Waals surface area (Å²) in [5, 5.41) is 3.16. The normalized spacial score (nSPS) is 10.3. The zero-order valence-electron chi connectivity index (χ0n) is 10.6. The van der Waals surface area contributed by atoms with Gasteiger partial charge in [-0.2, -0.15) is 0 Å². The summed E-state index contributed by atoms with van der Waals surface area (Å²) in [6.07, 6.45) is 0. The van der Waals surface area contributed by atoms with Gasteiger partial charge in [0.15, 0.2) is 0 Å². The summed E-state index contributed by atoms with van der Waals surface area (Å²) in [4.78, 5) is 11.7. The summed E-state index contributed by atoms with van der Waals surface area (Å²) >= 11 is 7.25. The number of hydrogen-bond acceptors (Lipinski definition) is 2. The molecule has 1 N–H and O–H groups in total. The molecule has 0 fully saturated rings. The molecule has 0 heterocycles. The first-order valence-electron chi connectivity index (χ1n) is 6.02. The van der Waals surface area contributed by atoms with E-state index >= 15 is 0 Å². The number of amides is 1. The zero-order chi connectivity index (χ0) is 14.4. The van der Waals surface area contributed by atoms with Crippen LogP contribution in [0.2, 0.25) is 5.02 Å². The number of para-hydroxylation sites is 1. The third kappa shape index (κ3) is 4.25. The fourth-order valence-corrected chi connectivity index (χ4v) is 2.80. The Morgan fingerprint density at radius 1 is 1.15 bits per heavy atom. The van der Waals surface area contributed by atoms with Gasteiger partial charge in [-0.1, -0.05) is 35.9 Å². The van der Waals surface area contributed by atoms with Gasteiger partial charge in [0.25, 0.3) is 0 Å². The summed E-state index contributed by atoms with van der Waals surface area (Å²) in [6, 6.07) is 13.8. The van der Waals surface area contributed by atoms with Gasteiger partial charge < -0.3 is 5.32 Å². The SMILES string of the molecule is O=C(CSCc1c(F)cccc1Cl)Nc1ccccc1. The lowest BCUT2D eigenvalue weighted by Crippen LogP contribution is -2.14. The minimum atomic E-state index is -0.339. The number of anilines is 1. The van der Waals surface area contributed by atoms with Crippen molar-refractivity contribution >= 4 is 35.0 Å². The fourth-order valence-electron chi connectivity index (χ4n) is 1.63. The highest BCUT2D eigenvalue weighted by Gasteiger charge is 2.08. The van der Waals surface area contributed by atoms with Crippen molar-refractivity contribution in [2.24, 2.45) is 0 Å². The summed E-state index contributed by atoms with van der Waals surface area (Å²) in [5.41, 5.74) is 1.19. The van der Waals surface area contributed by atoms with Crippen LogP contribution in [0.1, 0.15) is 5.56 Å². The van der Waals surface area contributed by atoms with Crippen LogP contribution in [0, 0.1) is 5.82 Å². The number of thioether (sulfide) groups is 1. The molecule has 0 aliphatic heterocycles. The van der Waals surface area contributed by atoms with Crippen LogP contribution in [0.4, 0.5) is 10.1 Å². The maximum atomic E-state index is 13.5. The quantitative estimate of drug-likeness (QED) is 0.889. The van der Waals surface area contributed by atoms with Crippen LogP contribution in [0.5, 0.6) is 0 Å². The van der Waals surface area contributed by atoms with Crippen molar-refractivity contribution in [1.29, 1.82) is 0 Å². The average molecular weight is 310 g/mol. The van der Waals surface area contributed by atoms with Crippen LogP contribution in [0.15, 0.2) is 48.5 Å². The topological polar surface area (TPSA) is 29.1 Å². The molecule has 0 atom stereocenters. The van der Waals surface area contributed by atoms with Gasteiger partial charge in [-0.15, -0.1) is 11.8 Å². The predicted octanol–water partition coefficient (Wildman–Crippen LogP) is 4.35. The number of hydrogen-bond donors (Lipinski definition) is 1. The monoisotopic (exact) mass is 309 g/mol. The van der Waals surface area contributed by atoms with Crippen LogP contribution >= 0.6 is 23.4 Å². The van der Waals surface area contributed by atoms with E-state index in [1.165, 1.54) is 17.8 Å². The Kier molecular flexibility index (Phi) is 5.44. The molecule has 0 saturated carbocycles. The van der Waals surface area contributed by atoms with Gasteiger partial charge in [-0.05, 0) is 24.3 Å². The van der Waals surface area contributed by atoms with Crippen molar-refractivity contribution in [2.45, 2.75) is 5.75 Å². The molecule has 2 aromatic carbocycles. The molecule has 0 aliphatic carbocycles. The molecule has 0 saturated heterocycles. The lowest BCUT2D eigenvalue weighted by atomic mass is 10.2. The van der Waals surface area contributed by atoms with E-state index in [1.54, 1.807) is 12.1 Å². The Balaban J connectivity index is 1.83. The molecule has 20 heavy (non-hydrogen) atoms. The van der Waals surface area contributed by atoms with Gasteiger partial charge in [-0.3, -0.25) is 4.79 Å². The second kappa shape index (κ2) is 7.31. The van der Waals surface area contributed by atoms with Gasteiger partial charge >= 0.3 is 0 Å². The van der Waals surface area contributed by atoms with Crippen LogP contribution in [0.3, 0.4) is 0 Å². The molecule has 0 spiro atoms. The van der Waals surface area contributed by atoms with Crippen LogP contribution < -0.4 is 5.32 Å². The lowest BCUT2D eigenvalue weighted by molar-refractivity contribution is -0.113. The zero-order valence-corrected chi connectivity index (χ0v) is 12.2. The van der Waals surface area contributed by atoms with E-state index in [0.717, 1.165) is 5.69 Å². The summed E-state index contributed by atoms with van der Waals surface area (Å²) in [5.74, 6) is 0.162. The molecule has 2 aromatic rings. The van der Waals surface area contributed by atoms with Crippen molar-refractivity contribution in [3.05, 3.63) is 64.9 Å². The maximum absolute atomic E-state index is 13.5. The van der Waals surface area contributed by atoms with E-state index in [2.05, 4.69) is 5.32 Å². The molecule has 0 radical (unpaired) electrons. The molecule has 0 unspecified atom stereocenters. The van der Waals surface area contributed by atoms with Gasteiger partial charge in [0, 0.05) is 22.0 Å². The fraction of sp³-hybridized carbons (Fsp3) is 0.133. The third-order valence-electron chi connectivity index (χ3n) is 2.60. The van der Waals surface area contributed by atoms with Crippen molar-refractivity contribution in [2.75, 3.05) is 11.1 Å². The highest BCUT2D eigenvalue weighted by molar-refractivity contribution is 7.99. The lowest BCUT2D eigenvalue weighted by Gasteiger charge is -2.07. The first-order chi connectivity index (χ1) is 9.66. The highest BCUT2D eigenvalue weighted by atomic mass is 35.5. The van der Waals surface area contributed by atoms with E-state index in [0.29, 0.717) is 16.3 Å². The number of carbonyl (C=O) groups is 1. The van der Waals surface area contributed by atoms with E-state index in [9.17, 15) is 9.18 Å². The van der Waals surface area contributed by atoms with E-state index in [4.69, 9.17) is 11.6 Å². The van der Waals surface area contributed by atoms with E-state index in [-0.39, 0.29) is 17.5 Å². The Bertz CT molecular complexity index is 571. The summed E-state index contributed by atoms with van der Waals surface area (Å²) < 4.78 is 13.5. The molecule has 1 amide bonds. The van der Waals surface area contributed by atoms with E-state index < -0.39 is 0 Å². The number of carbonyl (C=O) groups excluding carboxylic acids is 1. The van der Waals surface area contributed by atoms with Crippen molar-refractivity contribution < 1.29 is 9.18 Å². The van der Waals surface area contributed by atoms with Crippen molar-refractivity contribution in [3.8, 4) is 0 Å². The van der Waals surface area contributed by atoms with Gasteiger partial charge in [0.2, 0.25) is 5.91 Å². The van der Waals surface area contributed by atoms with Crippen LogP contribution in [0.25, 0.3) is 0 Å². The highest BCUT2D eigenvalue weighted by Crippen LogP contribution is 2.23. The minimum absolute atomic E-state index is 0.117. The van der Waals surface area contributed by atoms with Gasteiger partial charge in [0.05, 0.1) is 5.75 Å². The third-order valence-corrected chi connectivity index (χ3v) is 3.91. The molecule has 2 nitrogen and oxygen atoms in total. The molecule has 0 bridgehead atoms. The molecule has 104 valence electrons. The average Bonchev–Trinajstić information content (AvgIpc) is 2.43. The second-order valence-electron chi connectivity index (χ2n) is 4.11. The largest absolute Gasteiger partial charge is 0.325 e. The maximum Gasteiger partial charge on any atom is 0.234 e. The Hall–Kier alpha value is -1.52. The smallest absolute Gasteiger partial charge is 0.234 e. The first-order valence-corrected chi connectivity index (χ1v) is 7.55. The first kappa shape index (κ1) is 14.9. The molecule has 2 rings (SSSR count). The molecule has 0 aromatic heterocycles. The van der Waals surface area contributed by atoms with Crippen molar-refractivity contribution in [3.63, 3.8) is 0 Å². The number of rotatable bonds is 5. The molecular weight excluding hydrogens is 297 g/mol. The van der Waals surface area contributed by atoms with Crippen LogP contribution in [-0.4, -0.2) is 11.7 Å². The van der Waals surface area contributed by atoms with Crippen molar-refractivity contribution in [1.82, 2.24) is 0 Å². The number of nitrogens with one attached hydrogen (secondary N) is 1. The molecule has 0 aliphatic rings. The number of halogens is 2. The van der Waals surface area contributed by atoms with Crippen LogP contribution in [-0.2, 0) is 10.5 Å². The summed E-state index contributed by atoms with van der Waals surface area (Å²) in [6.45, 7) is 0. The standard InChI is InChI=1S/C15H13ClFNOS/c16-13-7-4-8-14(17)12(13)9-20-10-15(19)18-11-5-2-1-3-6-11/h1-8H,9-10H2,(H,18,19). The summed E-state index contributed by atoms with van der Waals surface area (Å²) in [7, 11) is 0. The van der Waals surface area contributed by atoms with Gasteiger partial charge in [0.1, 0.15) is 5.82 Å². The van der Waals surface area contributed by atoms with Gasteiger partial charge in [-0.25, -0.2) is 4.39 Å². The van der Waals surface area contributed by atoms with E-state index in [1.807, 2.05) is 30.3 Å². The Labute approximate surface area is 126 Å².